The topological polar surface area (TPSA) is 21.3 Å². The van der Waals surface area contributed by atoms with Gasteiger partial charge in [0.25, 0.3) is 0 Å². The average Bonchev–Trinajstić information content (AvgIpc) is 2.61. The van der Waals surface area contributed by atoms with E-state index < -0.39 is 0 Å². The maximum Gasteiger partial charge on any atom is 0.119 e. The molecule has 2 aromatic carbocycles. The number of hydrogen-bond donors (Lipinski definition) is 1. The molecule has 3 heteroatoms. The Hall–Kier alpha value is -1.51. The summed E-state index contributed by atoms with van der Waals surface area (Å²) in [6, 6.07) is 17.7. The largest absolute Gasteiger partial charge is 0.489 e. The first-order chi connectivity index (χ1) is 11.3. The van der Waals surface area contributed by atoms with E-state index in [4.69, 9.17) is 4.74 Å². The summed E-state index contributed by atoms with van der Waals surface area (Å²) in [4.78, 5) is 0. The van der Waals surface area contributed by atoms with Crippen LogP contribution in [0.25, 0.3) is 0 Å². The molecule has 3 rings (SSSR count). The van der Waals surface area contributed by atoms with Crippen molar-refractivity contribution in [3.05, 3.63) is 65.2 Å². The molecule has 0 bridgehead atoms. The first-order valence-corrected chi connectivity index (χ1v) is 8.80. The Balaban J connectivity index is 0.00000208. The summed E-state index contributed by atoms with van der Waals surface area (Å²) in [5.74, 6) is 0.937. The number of hydrogen-bond acceptors (Lipinski definition) is 2. The molecular formula is C21H28ClNO. The van der Waals surface area contributed by atoms with Crippen LogP contribution in [0.1, 0.15) is 48.8 Å². The molecule has 0 radical (unpaired) electrons. The number of halogens is 1. The third-order valence-corrected chi connectivity index (χ3v) is 4.65. The van der Waals surface area contributed by atoms with Crippen LogP contribution in [0.3, 0.4) is 0 Å². The lowest BCUT2D eigenvalue weighted by Crippen LogP contribution is -2.30. The Morgan fingerprint density at radius 2 is 1.50 bits per heavy atom. The Morgan fingerprint density at radius 1 is 0.875 bits per heavy atom. The standard InChI is InChI=1S/C21H27NO.ClH/c1-17-7-9-19(10-8-17)16-23-21-13-11-18(12-14-21)15-22-20-5-3-2-4-6-20;/h7-14,20,22H,2-6,15-16H2,1H3;1H. The molecule has 2 aromatic rings. The fraction of sp³-hybridized carbons (Fsp3) is 0.429. The van der Waals surface area contributed by atoms with Crippen molar-refractivity contribution in [3.8, 4) is 5.75 Å². The second-order valence-electron chi connectivity index (χ2n) is 6.63. The van der Waals surface area contributed by atoms with Gasteiger partial charge >= 0.3 is 0 Å². The molecule has 2 nitrogen and oxygen atoms in total. The highest BCUT2D eigenvalue weighted by atomic mass is 35.5. The van der Waals surface area contributed by atoms with Crippen LogP contribution in [0.2, 0.25) is 0 Å². The minimum atomic E-state index is 0. The quantitative estimate of drug-likeness (QED) is 0.754. The number of rotatable bonds is 6. The lowest BCUT2D eigenvalue weighted by molar-refractivity contribution is 0.306. The predicted molar refractivity (Wildman–Crippen MR) is 103 cm³/mol. The zero-order valence-corrected chi connectivity index (χ0v) is 15.3. The van der Waals surface area contributed by atoms with Crippen molar-refractivity contribution >= 4 is 12.4 Å². The summed E-state index contributed by atoms with van der Waals surface area (Å²) in [5, 5.41) is 3.68. The summed E-state index contributed by atoms with van der Waals surface area (Å²) in [6.45, 7) is 3.69. The summed E-state index contributed by atoms with van der Waals surface area (Å²) in [5.41, 5.74) is 3.82. The van der Waals surface area contributed by atoms with Crippen LogP contribution in [0, 0.1) is 6.92 Å². The van der Waals surface area contributed by atoms with Gasteiger partial charge in [0.1, 0.15) is 12.4 Å². The van der Waals surface area contributed by atoms with Crippen LogP contribution in [-0.4, -0.2) is 6.04 Å². The van der Waals surface area contributed by atoms with Gasteiger partial charge in [-0.2, -0.15) is 0 Å². The smallest absolute Gasteiger partial charge is 0.119 e. The van der Waals surface area contributed by atoms with Gasteiger partial charge in [-0.05, 0) is 43.0 Å². The van der Waals surface area contributed by atoms with Crippen molar-refractivity contribution < 1.29 is 4.74 Å². The molecule has 0 aliphatic heterocycles. The highest BCUT2D eigenvalue weighted by molar-refractivity contribution is 5.85. The summed E-state index contributed by atoms with van der Waals surface area (Å²) < 4.78 is 5.86. The zero-order valence-electron chi connectivity index (χ0n) is 14.5. The molecule has 0 heterocycles. The summed E-state index contributed by atoms with van der Waals surface area (Å²) in [7, 11) is 0. The molecule has 1 saturated carbocycles. The van der Waals surface area contributed by atoms with E-state index >= 15 is 0 Å². The highest BCUT2D eigenvalue weighted by Gasteiger charge is 2.12. The van der Waals surface area contributed by atoms with Gasteiger partial charge in [-0.1, -0.05) is 61.2 Å². The zero-order chi connectivity index (χ0) is 15.9. The third-order valence-electron chi connectivity index (χ3n) is 4.65. The summed E-state index contributed by atoms with van der Waals surface area (Å²) >= 11 is 0. The molecular weight excluding hydrogens is 318 g/mol. The van der Waals surface area contributed by atoms with E-state index in [9.17, 15) is 0 Å². The van der Waals surface area contributed by atoms with E-state index in [-0.39, 0.29) is 12.4 Å². The van der Waals surface area contributed by atoms with E-state index in [1.165, 1.54) is 48.8 Å². The van der Waals surface area contributed by atoms with E-state index in [2.05, 4.69) is 60.8 Å². The average molecular weight is 346 g/mol. The molecule has 0 unspecified atom stereocenters. The van der Waals surface area contributed by atoms with Gasteiger partial charge in [-0.15, -0.1) is 12.4 Å². The number of aryl methyl sites for hydroxylation is 1. The van der Waals surface area contributed by atoms with E-state index in [1.807, 2.05) is 0 Å². The van der Waals surface area contributed by atoms with Gasteiger partial charge in [0.2, 0.25) is 0 Å². The van der Waals surface area contributed by atoms with Crippen LogP contribution in [0.4, 0.5) is 0 Å². The monoisotopic (exact) mass is 345 g/mol. The van der Waals surface area contributed by atoms with Crippen molar-refractivity contribution in [2.45, 2.75) is 58.2 Å². The second kappa shape index (κ2) is 9.71. The maximum atomic E-state index is 5.86. The molecule has 130 valence electrons. The van der Waals surface area contributed by atoms with Crippen LogP contribution in [0.5, 0.6) is 5.75 Å². The first kappa shape index (κ1) is 18.8. The minimum absolute atomic E-state index is 0. The van der Waals surface area contributed by atoms with Crippen molar-refractivity contribution in [2.24, 2.45) is 0 Å². The van der Waals surface area contributed by atoms with Gasteiger partial charge in [0.05, 0.1) is 0 Å². The van der Waals surface area contributed by atoms with E-state index in [0.29, 0.717) is 12.6 Å². The molecule has 1 N–H and O–H groups in total. The lowest BCUT2D eigenvalue weighted by atomic mass is 9.95. The highest BCUT2D eigenvalue weighted by Crippen LogP contribution is 2.19. The molecule has 24 heavy (non-hydrogen) atoms. The molecule has 0 saturated heterocycles. The van der Waals surface area contributed by atoms with E-state index in [1.54, 1.807) is 0 Å². The summed E-state index contributed by atoms with van der Waals surface area (Å²) in [6.07, 6.45) is 6.83. The van der Waals surface area contributed by atoms with Gasteiger partial charge < -0.3 is 10.1 Å². The maximum absolute atomic E-state index is 5.86. The van der Waals surface area contributed by atoms with Crippen LogP contribution in [0.15, 0.2) is 48.5 Å². The molecule has 0 aromatic heterocycles. The van der Waals surface area contributed by atoms with E-state index in [0.717, 1.165) is 12.3 Å². The fourth-order valence-electron chi connectivity index (χ4n) is 3.12. The van der Waals surface area contributed by atoms with Crippen molar-refractivity contribution in [1.29, 1.82) is 0 Å². The molecule has 1 fully saturated rings. The van der Waals surface area contributed by atoms with Crippen LogP contribution >= 0.6 is 12.4 Å². The van der Waals surface area contributed by atoms with Crippen molar-refractivity contribution in [3.63, 3.8) is 0 Å². The minimum Gasteiger partial charge on any atom is -0.489 e. The molecule has 0 spiro atoms. The normalized spacial score (nSPS) is 14.9. The first-order valence-electron chi connectivity index (χ1n) is 8.80. The van der Waals surface area contributed by atoms with Crippen LogP contribution < -0.4 is 10.1 Å². The van der Waals surface area contributed by atoms with Crippen molar-refractivity contribution in [2.75, 3.05) is 0 Å². The van der Waals surface area contributed by atoms with Gasteiger partial charge in [0.15, 0.2) is 0 Å². The number of benzene rings is 2. The Morgan fingerprint density at radius 3 is 2.17 bits per heavy atom. The number of ether oxygens (including phenoxy) is 1. The molecule has 0 atom stereocenters. The third kappa shape index (κ3) is 5.85. The van der Waals surface area contributed by atoms with Gasteiger partial charge in [-0.3, -0.25) is 0 Å². The second-order valence-corrected chi connectivity index (χ2v) is 6.63. The lowest BCUT2D eigenvalue weighted by Gasteiger charge is -2.22. The van der Waals surface area contributed by atoms with Gasteiger partial charge in [0, 0.05) is 12.6 Å². The van der Waals surface area contributed by atoms with Gasteiger partial charge in [-0.25, -0.2) is 0 Å². The van der Waals surface area contributed by atoms with Crippen LogP contribution in [-0.2, 0) is 13.2 Å². The fourth-order valence-corrected chi connectivity index (χ4v) is 3.12. The molecule has 0 amide bonds. The predicted octanol–water partition coefficient (Wildman–Crippen LogP) is 5.42. The Bertz CT molecular complexity index is 588. The molecule has 1 aliphatic carbocycles. The number of nitrogens with one attached hydrogen (secondary N) is 1. The van der Waals surface area contributed by atoms with Crippen molar-refractivity contribution in [1.82, 2.24) is 5.32 Å². The Kier molecular flexibility index (Phi) is 7.61. The Labute approximate surface area is 152 Å². The molecule has 1 aliphatic rings. The SMILES string of the molecule is Cc1ccc(COc2ccc(CNC3CCCCC3)cc2)cc1.Cl.